The second-order valence-electron chi connectivity index (χ2n) is 6.71. The van der Waals surface area contributed by atoms with E-state index >= 15 is 0 Å². The van der Waals surface area contributed by atoms with Crippen LogP contribution in [-0.2, 0) is 9.59 Å². The fourth-order valence-electron chi connectivity index (χ4n) is 2.95. The summed E-state index contributed by atoms with van der Waals surface area (Å²) in [6.45, 7) is 3.60. The lowest BCUT2D eigenvalue weighted by molar-refractivity contribution is -0.122. The molecule has 0 aliphatic carbocycles. The molecule has 1 aromatic heterocycles. The molecule has 2 amide bonds. The van der Waals surface area contributed by atoms with Crippen molar-refractivity contribution in [1.82, 2.24) is 9.88 Å². The molecule has 3 aromatic rings. The quantitative estimate of drug-likeness (QED) is 0.483. The SMILES string of the molecule is CC(C)n1c(O)c(N=NC(=O)CNC(=O)C=Cc2ccccc2)c2ccccc21. The molecule has 1 heterocycles. The highest BCUT2D eigenvalue weighted by Crippen LogP contribution is 2.40. The molecule has 0 spiro atoms. The van der Waals surface area contributed by atoms with Crippen LogP contribution in [0.4, 0.5) is 5.69 Å². The lowest BCUT2D eigenvalue weighted by Gasteiger charge is -2.10. The Morgan fingerprint density at radius 2 is 1.79 bits per heavy atom. The topological polar surface area (TPSA) is 96.0 Å². The Morgan fingerprint density at radius 1 is 1.10 bits per heavy atom. The normalized spacial score (nSPS) is 11.7. The summed E-state index contributed by atoms with van der Waals surface area (Å²) in [6, 6.07) is 16.7. The molecule has 7 nitrogen and oxygen atoms in total. The number of azo groups is 1. The van der Waals surface area contributed by atoms with Crippen LogP contribution < -0.4 is 5.32 Å². The van der Waals surface area contributed by atoms with E-state index in [1.165, 1.54) is 6.08 Å². The van der Waals surface area contributed by atoms with Gasteiger partial charge in [0.15, 0.2) is 5.69 Å². The minimum absolute atomic E-state index is 0.00948. The number of para-hydroxylation sites is 1. The maximum absolute atomic E-state index is 12.0. The van der Waals surface area contributed by atoms with Gasteiger partial charge >= 0.3 is 0 Å². The first-order valence-electron chi connectivity index (χ1n) is 9.25. The first-order chi connectivity index (χ1) is 14.0. The van der Waals surface area contributed by atoms with Gasteiger partial charge in [-0.2, -0.15) is 0 Å². The number of hydrogen-bond donors (Lipinski definition) is 2. The van der Waals surface area contributed by atoms with Crippen molar-refractivity contribution >= 4 is 34.5 Å². The number of hydrogen-bond acceptors (Lipinski definition) is 4. The van der Waals surface area contributed by atoms with Gasteiger partial charge < -0.3 is 15.0 Å². The molecule has 0 radical (unpaired) electrons. The van der Waals surface area contributed by atoms with Crippen molar-refractivity contribution in [1.29, 1.82) is 0 Å². The van der Waals surface area contributed by atoms with Gasteiger partial charge in [0.2, 0.25) is 11.8 Å². The Hall–Kier alpha value is -3.74. The van der Waals surface area contributed by atoms with Gasteiger partial charge in [-0.3, -0.25) is 9.59 Å². The van der Waals surface area contributed by atoms with E-state index < -0.39 is 11.8 Å². The van der Waals surface area contributed by atoms with Crippen molar-refractivity contribution in [2.24, 2.45) is 10.2 Å². The maximum Gasteiger partial charge on any atom is 0.283 e. The van der Waals surface area contributed by atoms with Crippen LogP contribution in [0.25, 0.3) is 17.0 Å². The predicted molar refractivity (Wildman–Crippen MR) is 112 cm³/mol. The van der Waals surface area contributed by atoms with Crippen LogP contribution >= 0.6 is 0 Å². The van der Waals surface area contributed by atoms with E-state index in [-0.39, 0.29) is 24.2 Å². The third kappa shape index (κ3) is 4.76. The third-order valence-electron chi connectivity index (χ3n) is 4.28. The molecule has 2 N–H and O–H groups in total. The highest BCUT2D eigenvalue weighted by molar-refractivity contribution is 5.96. The molecule has 148 valence electrons. The highest BCUT2D eigenvalue weighted by atomic mass is 16.3. The lowest BCUT2D eigenvalue weighted by Crippen LogP contribution is -2.26. The summed E-state index contributed by atoms with van der Waals surface area (Å²) < 4.78 is 1.73. The molecule has 0 aliphatic heterocycles. The van der Waals surface area contributed by atoms with Crippen molar-refractivity contribution in [3.63, 3.8) is 0 Å². The van der Waals surface area contributed by atoms with Crippen molar-refractivity contribution < 1.29 is 14.7 Å². The Kier molecular flexibility index (Phi) is 6.19. The Balaban J connectivity index is 1.66. The molecule has 0 aliphatic rings. The summed E-state index contributed by atoms with van der Waals surface area (Å²) in [5.74, 6) is -1.07. The smallest absolute Gasteiger partial charge is 0.283 e. The maximum atomic E-state index is 12.0. The summed E-state index contributed by atoms with van der Waals surface area (Å²) in [5, 5.41) is 21.3. The fraction of sp³-hybridized carbons (Fsp3) is 0.182. The molecular formula is C22H22N4O3. The molecule has 7 heteroatoms. The van der Waals surface area contributed by atoms with Crippen molar-refractivity contribution in [3.8, 4) is 5.88 Å². The number of amides is 2. The van der Waals surface area contributed by atoms with Gasteiger partial charge in [0.05, 0.1) is 5.52 Å². The molecule has 0 unspecified atom stereocenters. The molecule has 0 saturated carbocycles. The number of aromatic nitrogens is 1. The van der Waals surface area contributed by atoms with E-state index in [0.29, 0.717) is 5.39 Å². The van der Waals surface area contributed by atoms with E-state index in [1.807, 2.05) is 68.4 Å². The van der Waals surface area contributed by atoms with Crippen LogP contribution in [0.3, 0.4) is 0 Å². The van der Waals surface area contributed by atoms with Crippen molar-refractivity contribution in [2.75, 3.05) is 6.54 Å². The summed E-state index contributed by atoms with van der Waals surface area (Å²) in [6.07, 6.45) is 3.00. The van der Waals surface area contributed by atoms with E-state index in [9.17, 15) is 14.7 Å². The zero-order valence-corrected chi connectivity index (χ0v) is 16.2. The first kappa shape index (κ1) is 20.0. The van der Waals surface area contributed by atoms with Crippen LogP contribution in [0.5, 0.6) is 5.88 Å². The summed E-state index contributed by atoms with van der Waals surface area (Å²) in [7, 11) is 0. The Bertz CT molecular complexity index is 1080. The number of nitrogens with zero attached hydrogens (tertiary/aromatic N) is 3. The van der Waals surface area contributed by atoms with Gasteiger partial charge in [-0.15, -0.1) is 10.2 Å². The summed E-state index contributed by atoms with van der Waals surface area (Å²) >= 11 is 0. The average molecular weight is 390 g/mol. The number of carbonyl (C=O) groups is 2. The van der Waals surface area contributed by atoms with Crippen LogP contribution in [0.1, 0.15) is 25.5 Å². The third-order valence-corrected chi connectivity index (χ3v) is 4.28. The average Bonchev–Trinajstić information content (AvgIpc) is 3.01. The molecule has 0 bridgehead atoms. The van der Waals surface area contributed by atoms with E-state index in [1.54, 1.807) is 10.6 Å². The number of fused-ring (bicyclic) bond motifs is 1. The molecular weight excluding hydrogens is 368 g/mol. The Morgan fingerprint density at radius 3 is 2.52 bits per heavy atom. The number of carbonyl (C=O) groups excluding carboxylic acids is 2. The van der Waals surface area contributed by atoms with E-state index in [0.717, 1.165) is 11.1 Å². The van der Waals surface area contributed by atoms with Gasteiger partial charge in [-0.1, -0.05) is 48.5 Å². The molecule has 0 fully saturated rings. The molecule has 0 atom stereocenters. The minimum atomic E-state index is -0.618. The molecule has 29 heavy (non-hydrogen) atoms. The van der Waals surface area contributed by atoms with Gasteiger partial charge in [0.25, 0.3) is 5.91 Å². The number of aromatic hydroxyl groups is 1. The molecule has 3 rings (SSSR count). The van der Waals surface area contributed by atoms with Crippen molar-refractivity contribution in [2.45, 2.75) is 19.9 Å². The Labute approximate surface area is 168 Å². The standard InChI is InChI=1S/C22H22N4O3/c1-15(2)26-18-11-7-6-10-17(18)21(22(26)29)25-24-20(28)14-23-19(27)13-12-16-8-4-3-5-9-16/h3-13,15,29H,14H2,1-2H3,(H,23,27). The second kappa shape index (κ2) is 8.97. The van der Waals surface area contributed by atoms with Crippen LogP contribution in [0.15, 0.2) is 70.9 Å². The zero-order chi connectivity index (χ0) is 20.8. The highest BCUT2D eigenvalue weighted by Gasteiger charge is 2.18. The van der Waals surface area contributed by atoms with Crippen LogP contribution in [0, 0.1) is 0 Å². The number of benzene rings is 2. The number of nitrogens with one attached hydrogen (secondary N) is 1. The summed E-state index contributed by atoms with van der Waals surface area (Å²) in [4.78, 5) is 23.8. The summed E-state index contributed by atoms with van der Waals surface area (Å²) in [5.41, 5.74) is 1.92. The first-order valence-corrected chi connectivity index (χ1v) is 9.25. The zero-order valence-electron chi connectivity index (χ0n) is 16.2. The fourth-order valence-corrected chi connectivity index (χ4v) is 2.95. The largest absolute Gasteiger partial charge is 0.493 e. The predicted octanol–water partition coefficient (Wildman–Crippen LogP) is 4.37. The van der Waals surface area contributed by atoms with E-state index in [4.69, 9.17) is 0 Å². The molecule has 2 aromatic carbocycles. The van der Waals surface area contributed by atoms with Gasteiger partial charge in [-0.05, 0) is 31.6 Å². The van der Waals surface area contributed by atoms with Gasteiger partial charge in [0.1, 0.15) is 6.54 Å². The van der Waals surface area contributed by atoms with Gasteiger partial charge in [-0.25, -0.2) is 0 Å². The van der Waals surface area contributed by atoms with Crippen molar-refractivity contribution in [3.05, 3.63) is 66.2 Å². The molecule has 0 saturated heterocycles. The number of rotatable bonds is 6. The van der Waals surface area contributed by atoms with Crippen LogP contribution in [-0.4, -0.2) is 28.0 Å². The second-order valence-corrected chi connectivity index (χ2v) is 6.71. The minimum Gasteiger partial charge on any atom is -0.493 e. The monoisotopic (exact) mass is 390 g/mol. The lowest BCUT2D eigenvalue weighted by atomic mass is 10.2. The van der Waals surface area contributed by atoms with E-state index in [2.05, 4.69) is 15.5 Å². The van der Waals surface area contributed by atoms with Crippen LogP contribution in [0.2, 0.25) is 0 Å². The van der Waals surface area contributed by atoms with Gasteiger partial charge in [0, 0.05) is 17.5 Å².